The molecule has 7 heteroatoms. The third-order valence-corrected chi connectivity index (χ3v) is 5.44. The lowest BCUT2D eigenvalue weighted by Crippen LogP contribution is -2.41. The molecule has 0 aliphatic carbocycles. The van der Waals surface area contributed by atoms with E-state index in [-0.39, 0.29) is 6.09 Å². The van der Waals surface area contributed by atoms with Gasteiger partial charge in [-0.2, -0.15) is 0 Å². The molecule has 0 bridgehead atoms. The van der Waals surface area contributed by atoms with Gasteiger partial charge in [0.05, 0.1) is 23.4 Å². The first kappa shape index (κ1) is 20.9. The Morgan fingerprint density at radius 2 is 1.86 bits per heavy atom. The highest BCUT2D eigenvalue weighted by Gasteiger charge is 2.51. The number of carbonyl (C=O) groups excluding carboxylic acids is 1. The molecule has 2 aliphatic heterocycles. The summed E-state index contributed by atoms with van der Waals surface area (Å²) in [5.41, 5.74) is 1.49. The summed E-state index contributed by atoms with van der Waals surface area (Å²) in [6.07, 6.45) is 4.39. The smallest absolute Gasteiger partial charge is 0.444 e. The molecule has 28 heavy (non-hydrogen) atoms. The largest absolute Gasteiger partial charge is 0.494 e. The fourth-order valence-electron chi connectivity index (χ4n) is 3.16. The van der Waals surface area contributed by atoms with Crippen molar-refractivity contribution in [1.82, 2.24) is 9.88 Å². The van der Waals surface area contributed by atoms with Gasteiger partial charge >= 0.3 is 13.2 Å². The number of nitrogens with zero attached hydrogens (tertiary/aromatic N) is 2. The van der Waals surface area contributed by atoms with Gasteiger partial charge in [-0.15, -0.1) is 0 Å². The topological polar surface area (TPSA) is 60.9 Å². The van der Waals surface area contributed by atoms with Gasteiger partial charge in [0.1, 0.15) is 5.60 Å². The average molecular weight is 386 g/mol. The Balaban J connectivity index is 1.76. The van der Waals surface area contributed by atoms with Crippen LogP contribution in [0, 0.1) is 0 Å². The molecule has 1 saturated heterocycles. The number of rotatable bonds is 2. The molecule has 0 aromatic carbocycles. The predicted molar refractivity (Wildman–Crippen MR) is 110 cm³/mol. The van der Waals surface area contributed by atoms with Crippen molar-refractivity contribution in [3.05, 3.63) is 30.1 Å². The summed E-state index contributed by atoms with van der Waals surface area (Å²) < 4.78 is 17.8. The van der Waals surface area contributed by atoms with E-state index in [2.05, 4.69) is 11.1 Å². The zero-order valence-corrected chi connectivity index (χ0v) is 18.0. The average Bonchev–Trinajstić information content (AvgIpc) is 2.81. The first-order valence-electron chi connectivity index (χ1n) is 9.87. The van der Waals surface area contributed by atoms with Crippen molar-refractivity contribution in [3.8, 4) is 0 Å². The van der Waals surface area contributed by atoms with Crippen molar-refractivity contribution in [2.24, 2.45) is 0 Å². The van der Waals surface area contributed by atoms with Crippen LogP contribution in [-0.2, 0) is 14.0 Å². The summed E-state index contributed by atoms with van der Waals surface area (Å²) in [5.74, 6) is 0. The quantitative estimate of drug-likeness (QED) is 0.729. The van der Waals surface area contributed by atoms with E-state index >= 15 is 0 Å². The normalized spacial score (nSPS) is 21.5. The van der Waals surface area contributed by atoms with Crippen LogP contribution in [0.4, 0.5) is 4.79 Å². The predicted octanol–water partition coefficient (Wildman–Crippen LogP) is 3.41. The number of hydrogen-bond acceptors (Lipinski definition) is 5. The van der Waals surface area contributed by atoms with E-state index in [4.69, 9.17) is 14.0 Å². The minimum Gasteiger partial charge on any atom is -0.444 e. The first-order chi connectivity index (χ1) is 12.9. The number of hydrogen-bond donors (Lipinski definition) is 0. The van der Waals surface area contributed by atoms with E-state index in [9.17, 15) is 4.79 Å². The Labute approximate surface area is 168 Å². The molecule has 1 aromatic rings. The Bertz CT molecular complexity index is 767. The summed E-state index contributed by atoms with van der Waals surface area (Å²) in [6.45, 7) is 14.9. The third-order valence-electron chi connectivity index (χ3n) is 5.44. The lowest BCUT2D eigenvalue weighted by Gasteiger charge is -2.32. The Morgan fingerprint density at radius 1 is 1.21 bits per heavy atom. The van der Waals surface area contributed by atoms with Gasteiger partial charge in [-0.3, -0.25) is 4.98 Å². The second-order valence-corrected chi connectivity index (χ2v) is 9.48. The zero-order chi connectivity index (χ0) is 20.7. The van der Waals surface area contributed by atoms with Crippen LogP contribution in [0.2, 0.25) is 0 Å². The fraction of sp³-hybridized carbons (Fsp3) is 0.619. The van der Waals surface area contributed by atoms with E-state index in [1.54, 1.807) is 11.1 Å². The maximum absolute atomic E-state index is 12.4. The highest BCUT2D eigenvalue weighted by molar-refractivity contribution is 6.62. The highest BCUT2D eigenvalue weighted by atomic mass is 16.7. The Morgan fingerprint density at radius 3 is 2.46 bits per heavy atom. The molecule has 0 spiro atoms. The van der Waals surface area contributed by atoms with Gasteiger partial charge in [0.25, 0.3) is 0 Å². The third kappa shape index (κ3) is 4.41. The van der Waals surface area contributed by atoms with E-state index in [1.807, 2.05) is 60.6 Å². The molecule has 3 rings (SSSR count). The molecule has 1 amide bonds. The van der Waals surface area contributed by atoms with E-state index in [1.165, 1.54) is 0 Å². The molecule has 1 aromatic heterocycles. The SMILES string of the molecule is CC(C)(C)OC(=O)N1CCC=C(c2cc(B3OC(C)(C)C(C)(C)O3)ccn2)C1. The molecule has 3 heterocycles. The van der Waals surface area contributed by atoms with E-state index in [0.29, 0.717) is 13.1 Å². The Hall–Kier alpha value is -1.86. The molecule has 2 aliphatic rings. The summed E-state index contributed by atoms with van der Waals surface area (Å²) in [6, 6.07) is 3.91. The van der Waals surface area contributed by atoms with Gasteiger partial charge in [-0.1, -0.05) is 6.08 Å². The van der Waals surface area contributed by atoms with Crippen LogP contribution in [0.1, 0.15) is 60.6 Å². The van der Waals surface area contributed by atoms with Crippen LogP contribution in [0.15, 0.2) is 24.4 Å². The number of carbonyl (C=O) groups is 1. The van der Waals surface area contributed by atoms with Crippen LogP contribution in [0.5, 0.6) is 0 Å². The summed E-state index contributed by atoms with van der Waals surface area (Å²) in [7, 11) is -0.433. The minimum absolute atomic E-state index is 0.291. The van der Waals surface area contributed by atoms with Crippen LogP contribution < -0.4 is 5.46 Å². The maximum atomic E-state index is 12.4. The number of amides is 1. The summed E-state index contributed by atoms with van der Waals surface area (Å²) in [5, 5.41) is 0. The minimum atomic E-state index is -0.507. The molecule has 0 saturated carbocycles. The number of ether oxygens (including phenoxy) is 1. The van der Waals surface area contributed by atoms with E-state index in [0.717, 1.165) is 23.2 Å². The highest BCUT2D eigenvalue weighted by Crippen LogP contribution is 2.36. The molecule has 0 radical (unpaired) electrons. The van der Waals surface area contributed by atoms with E-state index < -0.39 is 23.9 Å². The fourth-order valence-corrected chi connectivity index (χ4v) is 3.16. The second-order valence-electron chi connectivity index (χ2n) is 9.48. The molecule has 0 atom stereocenters. The van der Waals surface area contributed by atoms with Gasteiger partial charge in [0.2, 0.25) is 0 Å². The van der Waals surface area contributed by atoms with Crippen molar-refractivity contribution in [1.29, 1.82) is 0 Å². The monoisotopic (exact) mass is 386 g/mol. The van der Waals surface area contributed by atoms with Crippen LogP contribution in [0.25, 0.3) is 5.57 Å². The van der Waals surface area contributed by atoms with Gasteiger partial charge in [-0.25, -0.2) is 4.79 Å². The zero-order valence-electron chi connectivity index (χ0n) is 18.0. The van der Waals surface area contributed by atoms with Crippen molar-refractivity contribution < 1.29 is 18.8 Å². The van der Waals surface area contributed by atoms with Crippen LogP contribution in [0.3, 0.4) is 0 Å². The second kappa shape index (κ2) is 7.19. The molecular weight excluding hydrogens is 355 g/mol. The molecule has 152 valence electrons. The number of aromatic nitrogens is 1. The summed E-state index contributed by atoms with van der Waals surface area (Å²) >= 11 is 0. The molecule has 0 N–H and O–H groups in total. The van der Waals surface area contributed by atoms with Crippen molar-refractivity contribution >= 4 is 24.2 Å². The van der Waals surface area contributed by atoms with Crippen molar-refractivity contribution in [2.75, 3.05) is 13.1 Å². The van der Waals surface area contributed by atoms with Crippen molar-refractivity contribution in [2.45, 2.75) is 71.7 Å². The first-order valence-corrected chi connectivity index (χ1v) is 9.87. The van der Waals surface area contributed by atoms with Gasteiger partial charge < -0.3 is 18.9 Å². The standard InChI is InChI=1S/C21H31BN2O4/c1-19(2,3)26-18(25)24-12-8-9-15(14-24)17-13-16(10-11-23-17)22-27-20(4,5)21(6,7)28-22/h9-11,13H,8,12,14H2,1-7H3. The molecule has 1 fully saturated rings. The molecule has 6 nitrogen and oxygen atoms in total. The number of pyridine rings is 1. The maximum Gasteiger partial charge on any atom is 0.494 e. The van der Waals surface area contributed by atoms with Crippen molar-refractivity contribution in [3.63, 3.8) is 0 Å². The van der Waals surface area contributed by atoms with Gasteiger partial charge in [-0.05, 0) is 78.1 Å². The summed E-state index contributed by atoms with van der Waals surface area (Å²) in [4.78, 5) is 18.7. The Kier molecular flexibility index (Phi) is 5.36. The lowest BCUT2D eigenvalue weighted by molar-refractivity contribution is 0.00578. The van der Waals surface area contributed by atoms with Crippen LogP contribution in [-0.4, -0.2) is 53.0 Å². The molecular formula is C21H31BN2O4. The molecule has 0 unspecified atom stereocenters. The van der Waals surface area contributed by atoms with Crippen LogP contribution >= 0.6 is 0 Å². The van der Waals surface area contributed by atoms with Gasteiger partial charge in [0, 0.05) is 12.7 Å². The lowest BCUT2D eigenvalue weighted by atomic mass is 9.79. The van der Waals surface area contributed by atoms with Gasteiger partial charge in [0.15, 0.2) is 0 Å².